The molecule has 0 aliphatic carbocycles. The average molecular weight is 490 g/mol. The molecule has 3 rings (SSSR count). The molecule has 184 valence electrons. The van der Waals surface area contributed by atoms with E-state index in [-0.39, 0.29) is 35.4 Å². The van der Waals surface area contributed by atoms with Crippen molar-refractivity contribution in [2.24, 2.45) is 5.92 Å². The summed E-state index contributed by atoms with van der Waals surface area (Å²) in [5, 5.41) is 2.76. The Balaban J connectivity index is 1.78. The van der Waals surface area contributed by atoms with E-state index in [1.165, 1.54) is 29.6 Å². The Hall–Kier alpha value is -3.11. The van der Waals surface area contributed by atoms with Gasteiger partial charge in [0.1, 0.15) is 11.5 Å². The molecule has 1 aliphatic heterocycles. The quantitative estimate of drug-likeness (QED) is 0.550. The van der Waals surface area contributed by atoms with Crippen LogP contribution in [0.4, 0.5) is 11.4 Å². The highest BCUT2D eigenvalue weighted by Crippen LogP contribution is 2.31. The van der Waals surface area contributed by atoms with E-state index in [0.717, 1.165) is 0 Å². The molecule has 1 heterocycles. The van der Waals surface area contributed by atoms with E-state index >= 15 is 0 Å². The average Bonchev–Trinajstić information content (AvgIpc) is 3.22. The molecule has 1 saturated heterocycles. The first-order valence-electron chi connectivity index (χ1n) is 11.3. The molecule has 2 aromatic carbocycles. The molecular formula is C24H31N3O6S. The van der Waals surface area contributed by atoms with Crippen molar-refractivity contribution in [2.45, 2.75) is 32.1 Å². The highest BCUT2D eigenvalue weighted by molar-refractivity contribution is 7.89. The monoisotopic (exact) mass is 489 g/mol. The normalized spacial score (nSPS) is 16.1. The maximum absolute atomic E-state index is 13.0. The van der Waals surface area contributed by atoms with Crippen LogP contribution >= 0.6 is 0 Å². The maximum Gasteiger partial charge on any atom is 0.243 e. The van der Waals surface area contributed by atoms with E-state index in [4.69, 9.17) is 9.47 Å². The minimum atomic E-state index is -3.71. The zero-order valence-corrected chi connectivity index (χ0v) is 20.7. The Morgan fingerprint density at radius 1 is 1.12 bits per heavy atom. The predicted octanol–water partition coefficient (Wildman–Crippen LogP) is 3.12. The van der Waals surface area contributed by atoms with Gasteiger partial charge in [-0.1, -0.05) is 13.8 Å². The maximum atomic E-state index is 13.0. The summed E-state index contributed by atoms with van der Waals surface area (Å²) < 4.78 is 37.9. The number of sulfonamides is 1. The van der Waals surface area contributed by atoms with E-state index in [1.54, 1.807) is 43.0 Å². The number of nitrogens with zero attached hydrogens (tertiary/aromatic N) is 2. The van der Waals surface area contributed by atoms with Crippen LogP contribution < -0.4 is 19.7 Å². The van der Waals surface area contributed by atoms with Crippen molar-refractivity contribution < 1.29 is 27.5 Å². The van der Waals surface area contributed by atoms with Gasteiger partial charge in [-0.25, -0.2) is 8.42 Å². The SMILES string of the molecule is CCOc1ccc(N2CC(C(=O)Nc3cc(S(=O)(=O)N(CC)CC)ccc3OC)CC2=O)cc1. The van der Waals surface area contributed by atoms with Crippen LogP contribution in [0.5, 0.6) is 11.5 Å². The van der Waals surface area contributed by atoms with Gasteiger partial charge in [0.15, 0.2) is 0 Å². The number of carbonyl (C=O) groups excluding carboxylic acids is 2. The van der Waals surface area contributed by atoms with Crippen molar-refractivity contribution >= 4 is 33.2 Å². The van der Waals surface area contributed by atoms with Gasteiger partial charge in [0, 0.05) is 31.7 Å². The van der Waals surface area contributed by atoms with Gasteiger partial charge in [-0.2, -0.15) is 4.31 Å². The Kier molecular flexibility index (Phi) is 8.16. The third kappa shape index (κ3) is 5.34. The van der Waals surface area contributed by atoms with Crippen LogP contribution in [0.25, 0.3) is 0 Å². The first kappa shape index (κ1) is 25.5. The van der Waals surface area contributed by atoms with Crippen LogP contribution in [-0.4, -0.2) is 57.9 Å². The molecule has 0 radical (unpaired) electrons. The molecule has 9 nitrogen and oxygen atoms in total. The van der Waals surface area contributed by atoms with Crippen molar-refractivity contribution in [1.29, 1.82) is 0 Å². The van der Waals surface area contributed by atoms with Crippen molar-refractivity contribution in [1.82, 2.24) is 4.31 Å². The number of hydrogen-bond acceptors (Lipinski definition) is 6. The van der Waals surface area contributed by atoms with Crippen molar-refractivity contribution in [2.75, 3.05) is 43.6 Å². The summed E-state index contributed by atoms with van der Waals surface area (Å²) in [6, 6.07) is 11.5. The molecule has 1 fully saturated rings. The summed E-state index contributed by atoms with van der Waals surface area (Å²) in [5.74, 6) is -0.0863. The highest BCUT2D eigenvalue weighted by atomic mass is 32.2. The molecule has 0 aromatic heterocycles. The van der Waals surface area contributed by atoms with Crippen LogP contribution in [0.3, 0.4) is 0 Å². The van der Waals surface area contributed by atoms with Crippen molar-refractivity contribution in [3.05, 3.63) is 42.5 Å². The number of methoxy groups -OCH3 is 1. The smallest absolute Gasteiger partial charge is 0.243 e. The molecule has 34 heavy (non-hydrogen) atoms. The van der Waals surface area contributed by atoms with Crippen molar-refractivity contribution in [3.8, 4) is 11.5 Å². The predicted molar refractivity (Wildman–Crippen MR) is 130 cm³/mol. The van der Waals surface area contributed by atoms with E-state index in [1.807, 2.05) is 6.92 Å². The summed E-state index contributed by atoms with van der Waals surface area (Å²) >= 11 is 0. The minimum absolute atomic E-state index is 0.0544. The molecule has 1 aliphatic rings. The van der Waals surface area contributed by atoms with Gasteiger partial charge >= 0.3 is 0 Å². The fourth-order valence-corrected chi connectivity index (χ4v) is 5.40. The number of benzene rings is 2. The molecule has 0 saturated carbocycles. The zero-order valence-electron chi connectivity index (χ0n) is 19.9. The third-order valence-corrected chi connectivity index (χ3v) is 7.77. The van der Waals surface area contributed by atoms with Gasteiger partial charge in [0.25, 0.3) is 0 Å². The second kappa shape index (κ2) is 10.9. The molecule has 1 N–H and O–H groups in total. The molecule has 1 atom stereocenters. The fourth-order valence-electron chi connectivity index (χ4n) is 3.91. The van der Waals surface area contributed by atoms with Crippen LogP contribution in [0.2, 0.25) is 0 Å². The summed E-state index contributed by atoms with van der Waals surface area (Å²) in [5.41, 5.74) is 0.932. The number of anilines is 2. The van der Waals surface area contributed by atoms with Gasteiger partial charge < -0.3 is 19.7 Å². The van der Waals surface area contributed by atoms with Crippen LogP contribution in [0.15, 0.2) is 47.4 Å². The number of nitrogens with one attached hydrogen (secondary N) is 1. The largest absolute Gasteiger partial charge is 0.495 e. The summed E-state index contributed by atoms with van der Waals surface area (Å²) in [6.45, 7) is 6.85. The highest BCUT2D eigenvalue weighted by Gasteiger charge is 2.35. The van der Waals surface area contributed by atoms with Gasteiger partial charge in [-0.05, 0) is 49.4 Å². The number of amides is 2. The topological polar surface area (TPSA) is 105 Å². The molecule has 10 heteroatoms. The lowest BCUT2D eigenvalue weighted by atomic mass is 10.1. The number of carbonyl (C=O) groups is 2. The van der Waals surface area contributed by atoms with Gasteiger partial charge in [-0.15, -0.1) is 0 Å². The second-order valence-electron chi connectivity index (χ2n) is 7.77. The third-order valence-electron chi connectivity index (χ3n) is 5.73. The van der Waals surface area contributed by atoms with Gasteiger partial charge in [0.05, 0.1) is 30.2 Å². The van der Waals surface area contributed by atoms with Crippen molar-refractivity contribution in [3.63, 3.8) is 0 Å². The first-order valence-corrected chi connectivity index (χ1v) is 12.7. The van der Waals surface area contributed by atoms with E-state index in [0.29, 0.717) is 36.9 Å². The molecule has 0 spiro atoms. The fraction of sp³-hybridized carbons (Fsp3) is 0.417. The Bertz CT molecular complexity index is 1130. The number of ether oxygens (including phenoxy) is 2. The minimum Gasteiger partial charge on any atom is -0.495 e. The zero-order chi connectivity index (χ0) is 24.9. The molecule has 1 unspecified atom stereocenters. The van der Waals surface area contributed by atoms with Gasteiger partial charge in [0.2, 0.25) is 21.8 Å². The lowest BCUT2D eigenvalue weighted by Gasteiger charge is -2.20. The van der Waals surface area contributed by atoms with E-state index < -0.39 is 15.9 Å². The summed E-state index contributed by atoms with van der Waals surface area (Å²) in [4.78, 5) is 27.3. The van der Waals surface area contributed by atoms with E-state index in [9.17, 15) is 18.0 Å². The number of rotatable bonds is 10. The van der Waals surface area contributed by atoms with Crippen LogP contribution in [0.1, 0.15) is 27.2 Å². The standard InChI is InChI=1S/C24H31N3O6S/c1-5-26(6-2)34(30,31)20-12-13-22(32-4)21(15-20)25-24(29)17-14-23(28)27(16-17)18-8-10-19(11-9-18)33-7-3/h8-13,15,17H,5-7,14,16H2,1-4H3,(H,25,29). The lowest BCUT2D eigenvalue weighted by Crippen LogP contribution is -2.31. The first-order chi connectivity index (χ1) is 16.2. The molecule has 2 amide bonds. The Labute approximate surface area is 200 Å². The second-order valence-corrected chi connectivity index (χ2v) is 9.71. The molecule has 2 aromatic rings. The molecular weight excluding hydrogens is 458 g/mol. The summed E-state index contributed by atoms with van der Waals surface area (Å²) in [7, 11) is -2.27. The van der Waals surface area contributed by atoms with Crippen LogP contribution in [-0.2, 0) is 19.6 Å². The van der Waals surface area contributed by atoms with Crippen LogP contribution in [0, 0.1) is 5.92 Å². The molecule has 0 bridgehead atoms. The summed E-state index contributed by atoms with van der Waals surface area (Å²) in [6.07, 6.45) is 0.0544. The van der Waals surface area contributed by atoms with Gasteiger partial charge in [-0.3, -0.25) is 9.59 Å². The lowest BCUT2D eigenvalue weighted by molar-refractivity contribution is -0.122. The Morgan fingerprint density at radius 3 is 2.38 bits per heavy atom. The van der Waals surface area contributed by atoms with E-state index in [2.05, 4.69) is 5.32 Å². The Morgan fingerprint density at radius 2 is 1.79 bits per heavy atom. The number of hydrogen-bond donors (Lipinski definition) is 1.